The van der Waals surface area contributed by atoms with E-state index >= 15 is 0 Å². The van der Waals surface area contributed by atoms with Crippen molar-refractivity contribution in [2.24, 2.45) is 0 Å². The van der Waals surface area contributed by atoms with Crippen molar-refractivity contribution in [1.82, 2.24) is 14.9 Å². The number of carbonyl (C=O) groups excluding carboxylic acids is 1. The lowest BCUT2D eigenvalue weighted by Crippen LogP contribution is -2.24. The summed E-state index contributed by atoms with van der Waals surface area (Å²) in [5.41, 5.74) is 0.537. The summed E-state index contributed by atoms with van der Waals surface area (Å²) in [5.74, 6) is -0.114. The predicted octanol–water partition coefficient (Wildman–Crippen LogP) is 4.18. The predicted molar refractivity (Wildman–Crippen MR) is 89.5 cm³/mol. The molecular weight excluding hydrogens is 321 g/mol. The van der Waals surface area contributed by atoms with Crippen molar-refractivity contribution >= 4 is 29.1 Å². The van der Waals surface area contributed by atoms with E-state index in [0.29, 0.717) is 22.2 Å². The summed E-state index contributed by atoms with van der Waals surface area (Å²) in [6.45, 7) is 1.67. The summed E-state index contributed by atoms with van der Waals surface area (Å²) in [6, 6.07) is 4.90. The Bertz CT molecular complexity index is 599. The molecule has 1 aromatic carbocycles. The molecule has 0 unspecified atom stereocenters. The van der Waals surface area contributed by atoms with Gasteiger partial charge in [-0.05, 0) is 31.0 Å². The van der Waals surface area contributed by atoms with Gasteiger partial charge in [-0.15, -0.1) is 0 Å². The van der Waals surface area contributed by atoms with E-state index in [9.17, 15) is 4.79 Å². The van der Waals surface area contributed by atoms with Crippen molar-refractivity contribution in [3.8, 4) is 0 Å². The van der Waals surface area contributed by atoms with Gasteiger partial charge in [0.25, 0.3) is 5.91 Å². The molecular formula is C16H19Cl2N3O. The third-order valence-corrected chi connectivity index (χ3v) is 4.11. The van der Waals surface area contributed by atoms with E-state index in [1.807, 2.05) is 12.5 Å². The van der Waals surface area contributed by atoms with Crippen LogP contribution < -0.4 is 5.32 Å². The van der Waals surface area contributed by atoms with Crippen LogP contribution in [0.3, 0.4) is 0 Å². The number of nitrogens with one attached hydrogen (secondary N) is 1. The molecule has 0 aliphatic rings. The lowest BCUT2D eigenvalue weighted by Gasteiger charge is -2.06. The standard InChI is InChI=1S/C16H19Cl2N3O/c17-14-6-5-13(11-15(14)18)16(22)20-7-3-1-2-4-9-21-10-8-19-12-21/h5-6,8,10-12H,1-4,7,9H2,(H,20,22). The van der Waals surface area contributed by atoms with Gasteiger partial charge in [0.2, 0.25) is 0 Å². The van der Waals surface area contributed by atoms with E-state index in [0.717, 1.165) is 32.2 Å². The van der Waals surface area contributed by atoms with Crippen molar-refractivity contribution in [1.29, 1.82) is 0 Å². The summed E-state index contributed by atoms with van der Waals surface area (Å²) >= 11 is 11.7. The summed E-state index contributed by atoms with van der Waals surface area (Å²) in [6.07, 6.45) is 9.92. The molecule has 118 valence electrons. The van der Waals surface area contributed by atoms with Crippen molar-refractivity contribution in [3.05, 3.63) is 52.5 Å². The number of carbonyl (C=O) groups is 1. The van der Waals surface area contributed by atoms with Crippen LogP contribution in [0.25, 0.3) is 0 Å². The van der Waals surface area contributed by atoms with Gasteiger partial charge in [0.15, 0.2) is 0 Å². The van der Waals surface area contributed by atoms with Gasteiger partial charge in [0.05, 0.1) is 16.4 Å². The van der Waals surface area contributed by atoms with Crippen LogP contribution in [-0.2, 0) is 6.54 Å². The SMILES string of the molecule is O=C(NCCCCCCn1ccnc1)c1ccc(Cl)c(Cl)c1. The smallest absolute Gasteiger partial charge is 0.251 e. The number of amides is 1. The molecule has 0 bridgehead atoms. The average Bonchev–Trinajstić information content (AvgIpc) is 3.02. The number of aryl methyl sites for hydroxylation is 1. The third kappa shape index (κ3) is 5.35. The average molecular weight is 340 g/mol. The van der Waals surface area contributed by atoms with Gasteiger partial charge in [-0.3, -0.25) is 4.79 Å². The normalized spacial score (nSPS) is 10.6. The molecule has 1 N–H and O–H groups in total. The number of unbranched alkanes of at least 4 members (excludes halogenated alkanes) is 3. The molecule has 1 heterocycles. The minimum Gasteiger partial charge on any atom is -0.352 e. The zero-order valence-electron chi connectivity index (χ0n) is 12.3. The largest absolute Gasteiger partial charge is 0.352 e. The molecule has 22 heavy (non-hydrogen) atoms. The van der Waals surface area contributed by atoms with Crippen molar-refractivity contribution in [3.63, 3.8) is 0 Å². The Kier molecular flexibility index (Phi) is 6.74. The van der Waals surface area contributed by atoms with E-state index in [4.69, 9.17) is 23.2 Å². The first kappa shape index (κ1) is 16.8. The molecule has 0 radical (unpaired) electrons. The van der Waals surface area contributed by atoms with Crippen LogP contribution in [0.15, 0.2) is 36.9 Å². The van der Waals surface area contributed by atoms with E-state index in [1.165, 1.54) is 0 Å². The molecule has 0 aliphatic heterocycles. The van der Waals surface area contributed by atoms with Crippen LogP contribution in [-0.4, -0.2) is 22.0 Å². The third-order valence-electron chi connectivity index (χ3n) is 3.37. The molecule has 2 aromatic rings. The van der Waals surface area contributed by atoms with Crippen molar-refractivity contribution in [2.45, 2.75) is 32.2 Å². The Morgan fingerprint density at radius 3 is 2.68 bits per heavy atom. The highest BCUT2D eigenvalue weighted by atomic mass is 35.5. The monoisotopic (exact) mass is 339 g/mol. The zero-order chi connectivity index (χ0) is 15.8. The number of benzene rings is 1. The minimum atomic E-state index is -0.114. The second-order valence-corrected chi connectivity index (χ2v) is 5.91. The molecule has 6 heteroatoms. The first-order valence-corrected chi connectivity index (χ1v) is 8.11. The number of aromatic nitrogens is 2. The Labute approximate surface area is 140 Å². The second kappa shape index (κ2) is 8.81. The van der Waals surface area contributed by atoms with Gasteiger partial charge in [-0.25, -0.2) is 4.98 Å². The number of halogens is 2. The lowest BCUT2D eigenvalue weighted by molar-refractivity contribution is 0.0953. The molecule has 0 saturated heterocycles. The topological polar surface area (TPSA) is 46.9 Å². The lowest BCUT2D eigenvalue weighted by atomic mass is 10.2. The van der Waals surface area contributed by atoms with Gasteiger partial charge in [-0.2, -0.15) is 0 Å². The van der Waals surface area contributed by atoms with Crippen LogP contribution in [0.4, 0.5) is 0 Å². The molecule has 2 rings (SSSR count). The molecule has 1 amide bonds. The molecule has 1 aromatic heterocycles. The van der Waals surface area contributed by atoms with Gasteiger partial charge in [-0.1, -0.05) is 36.0 Å². The molecule has 0 atom stereocenters. The Morgan fingerprint density at radius 2 is 1.95 bits per heavy atom. The number of imidazole rings is 1. The molecule has 0 fully saturated rings. The highest BCUT2D eigenvalue weighted by molar-refractivity contribution is 6.42. The van der Waals surface area contributed by atoms with E-state index < -0.39 is 0 Å². The van der Waals surface area contributed by atoms with E-state index in [-0.39, 0.29) is 5.91 Å². The highest BCUT2D eigenvalue weighted by Gasteiger charge is 2.07. The Morgan fingerprint density at radius 1 is 1.14 bits per heavy atom. The number of nitrogens with zero attached hydrogens (tertiary/aromatic N) is 2. The summed E-state index contributed by atoms with van der Waals surface area (Å²) in [4.78, 5) is 15.9. The fourth-order valence-electron chi connectivity index (χ4n) is 2.13. The van der Waals surface area contributed by atoms with Gasteiger partial charge >= 0.3 is 0 Å². The van der Waals surface area contributed by atoms with E-state index in [1.54, 1.807) is 24.4 Å². The highest BCUT2D eigenvalue weighted by Crippen LogP contribution is 2.22. The molecule has 0 saturated carbocycles. The Balaban J connectivity index is 1.58. The number of rotatable bonds is 8. The fraction of sp³-hybridized carbons (Fsp3) is 0.375. The Hall–Kier alpha value is -1.52. The molecule has 0 spiro atoms. The number of hydrogen-bond donors (Lipinski definition) is 1. The maximum absolute atomic E-state index is 11.9. The maximum atomic E-state index is 11.9. The van der Waals surface area contributed by atoms with Gasteiger partial charge in [0, 0.05) is 31.0 Å². The fourth-order valence-corrected chi connectivity index (χ4v) is 2.43. The first-order valence-electron chi connectivity index (χ1n) is 7.36. The van der Waals surface area contributed by atoms with Crippen LogP contribution in [0.5, 0.6) is 0 Å². The second-order valence-electron chi connectivity index (χ2n) is 5.10. The van der Waals surface area contributed by atoms with Crippen LogP contribution >= 0.6 is 23.2 Å². The number of hydrogen-bond acceptors (Lipinski definition) is 2. The van der Waals surface area contributed by atoms with Crippen LogP contribution in [0.1, 0.15) is 36.0 Å². The zero-order valence-corrected chi connectivity index (χ0v) is 13.8. The van der Waals surface area contributed by atoms with Crippen molar-refractivity contribution < 1.29 is 4.79 Å². The van der Waals surface area contributed by atoms with Crippen LogP contribution in [0, 0.1) is 0 Å². The summed E-state index contributed by atoms with van der Waals surface area (Å²) in [5, 5.41) is 3.75. The molecule has 4 nitrogen and oxygen atoms in total. The summed E-state index contributed by atoms with van der Waals surface area (Å²) in [7, 11) is 0. The van der Waals surface area contributed by atoms with Crippen molar-refractivity contribution in [2.75, 3.05) is 6.54 Å². The van der Waals surface area contributed by atoms with Gasteiger partial charge < -0.3 is 9.88 Å². The quantitative estimate of drug-likeness (QED) is 0.733. The van der Waals surface area contributed by atoms with Gasteiger partial charge in [0.1, 0.15) is 0 Å². The minimum absolute atomic E-state index is 0.114. The first-order chi connectivity index (χ1) is 10.7. The summed E-state index contributed by atoms with van der Waals surface area (Å²) < 4.78 is 2.08. The van der Waals surface area contributed by atoms with E-state index in [2.05, 4.69) is 14.9 Å². The molecule has 0 aliphatic carbocycles. The maximum Gasteiger partial charge on any atom is 0.251 e. The van der Waals surface area contributed by atoms with Crippen LogP contribution in [0.2, 0.25) is 10.0 Å².